The molecule has 0 atom stereocenters. The Balaban J connectivity index is 0.00000533. The van der Waals surface area contributed by atoms with Gasteiger partial charge in [0, 0.05) is 61.3 Å². The number of fused-ring (bicyclic) bond motifs is 6. The first-order chi connectivity index (χ1) is 33.5. The standard InChI is InChI=1S/C59H45N5OSi.Pt/c1-59(2,3)41-34-35-60-58(36-41)64-50-25-12-11-24-48(50)49-32-31-45(39-54(49)64)65-44-19-17-18-42(37-44)62-40-61(4)55-38-43(30-33-51(55)62)63-52-26-13-15-28-56(52)66(46-20-7-5-8-21-46,47-22-9-6-10-23-47)57-29-16-14-27-53(57)63;/h5-36,38H,1-4H3;/q-2;/i4D3;. The first-order valence-electron chi connectivity index (χ1n) is 23.7. The van der Waals surface area contributed by atoms with E-state index in [-0.39, 0.29) is 26.5 Å². The summed E-state index contributed by atoms with van der Waals surface area (Å²) >= 11 is 0. The van der Waals surface area contributed by atoms with E-state index in [1.165, 1.54) is 30.9 Å². The summed E-state index contributed by atoms with van der Waals surface area (Å²) in [6, 6.07) is 74.3. The van der Waals surface area contributed by atoms with E-state index in [0.717, 1.165) is 44.7 Å². The van der Waals surface area contributed by atoms with Crippen LogP contribution in [-0.4, -0.2) is 22.2 Å². The van der Waals surface area contributed by atoms with Crippen LogP contribution in [0.2, 0.25) is 0 Å². The van der Waals surface area contributed by atoms with Gasteiger partial charge in [-0.2, -0.15) is 18.2 Å². The van der Waals surface area contributed by atoms with Crippen LogP contribution in [0.5, 0.6) is 11.5 Å². The molecule has 4 heterocycles. The van der Waals surface area contributed by atoms with Crippen molar-refractivity contribution in [3.63, 3.8) is 0 Å². The van der Waals surface area contributed by atoms with E-state index >= 15 is 0 Å². The molecule has 0 radical (unpaired) electrons. The third kappa shape index (κ3) is 6.87. The SMILES string of the molecule is [2H]C([2H])([2H])[n+]1[c-]n(-c2[c-]c(Oc3[c-]c4c(cc3)c3ccccc3n4-c3cc(C(C)(C)C)ccn3)ccc2)c2ccc(N3c4ccccc4[Si](c4ccccc4)(c4ccccc4)c4ccccc43)cc21.[Pt]. The van der Waals surface area contributed by atoms with Crippen molar-refractivity contribution in [3.8, 4) is 23.0 Å². The number of aromatic nitrogens is 4. The summed E-state index contributed by atoms with van der Waals surface area (Å²) in [4.78, 5) is 7.11. The number of hydrogen-bond acceptors (Lipinski definition) is 3. The van der Waals surface area contributed by atoms with Crippen molar-refractivity contribution in [2.24, 2.45) is 6.98 Å². The molecule has 0 N–H and O–H groups in total. The summed E-state index contributed by atoms with van der Waals surface area (Å²) in [6.45, 7) is 4.06. The molecule has 11 aromatic rings. The third-order valence-corrected chi connectivity index (χ3v) is 17.9. The molecule has 0 unspecified atom stereocenters. The van der Waals surface area contributed by atoms with E-state index in [0.29, 0.717) is 28.2 Å². The van der Waals surface area contributed by atoms with Crippen LogP contribution in [0.25, 0.3) is 44.3 Å². The number of hydrogen-bond donors (Lipinski definition) is 0. The van der Waals surface area contributed by atoms with E-state index in [4.69, 9.17) is 13.8 Å². The number of benzene rings is 8. The Labute approximate surface area is 410 Å². The molecule has 67 heavy (non-hydrogen) atoms. The van der Waals surface area contributed by atoms with Crippen molar-refractivity contribution in [3.05, 3.63) is 224 Å². The number of aryl methyl sites for hydroxylation is 1. The molecule has 0 spiro atoms. The van der Waals surface area contributed by atoms with Gasteiger partial charge in [0.05, 0.1) is 22.1 Å². The van der Waals surface area contributed by atoms with Crippen molar-refractivity contribution in [1.29, 1.82) is 0 Å². The molecule has 0 saturated heterocycles. The maximum absolute atomic E-state index is 8.74. The number of ether oxygens (including phenoxy) is 1. The fourth-order valence-electron chi connectivity index (χ4n) is 10.0. The summed E-state index contributed by atoms with van der Waals surface area (Å²) in [5, 5.41) is 7.22. The summed E-state index contributed by atoms with van der Waals surface area (Å²) < 4.78 is 37.9. The molecular weight excluding hydrogens is 1020 g/mol. The molecule has 1 aliphatic rings. The van der Waals surface area contributed by atoms with Crippen molar-refractivity contribution in [2.45, 2.75) is 26.2 Å². The Morgan fingerprint density at radius 1 is 0.612 bits per heavy atom. The van der Waals surface area contributed by atoms with Crippen LogP contribution in [0.4, 0.5) is 17.1 Å². The second-order valence-corrected chi connectivity index (χ2v) is 21.6. The normalized spacial score (nSPS) is 13.9. The zero-order chi connectivity index (χ0) is 47.1. The van der Waals surface area contributed by atoms with E-state index in [1.807, 2.05) is 54.7 Å². The minimum atomic E-state index is -2.84. The molecule has 0 bridgehead atoms. The molecule has 12 rings (SSSR count). The van der Waals surface area contributed by atoms with Gasteiger partial charge in [-0.05, 0) is 79.6 Å². The molecule has 3 aromatic heterocycles. The molecule has 0 amide bonds. The fraction of sp³-hybridized carbons (Fsp3) is 0.0847. The maximum atomic E-state index is 8.74. The first-order valence-corrected chi connectivity index (χ1v) is 24.2. The first kappa shape index (κ1) is 38.9. The molecule has 328 valence electrons. The van der Waals surface area contributed by atoms with Crippen LogP contribution in [0.3, 0.4) is 0 Å². The molecule has 6 nitrogen and oxygen atoms in total. The van der Waals surface area contributed by atoms with E-state index in [1.54, 1.807) is 4.57 Å². The zero-order valence-corrected chi connectivity index (χ0v) is 40.3. The topological polar surface area (TPSA) is 39.1 Å². The monoisotopic (exact) mass is 1070 g/mol. The van der Waals surface area contributed by atoms with Crippen molar-refractivity contribution >= 4 is 78.7 Å². The Bertz CT molecular complexity index is 3680. The van der Waals surface area contributed by atoms with Gasteiger partial charge in [0.1, 0.15) is 5.82 Å². The average Bonchev–Trinajstić information content (AvgIpc) is 3.92. The van der Waals surface area contributed by atoms with Gasteiger partial charge in [-0.3, -0.25) is 0 Å². The largest absolute Gasteiger partial charge is 0.510 e. The second-order valence-electron chi connectivity index (χ2n) is 17.9. The molecule has 0 aliphatic carbocycles. The predicted octanol–water partition coefficient (Wildman–Crippen LogP) is 10.6. The summed E-state index contributed by atoms with van der Waals surface area (Å²) in [7, 11) is -2.84. The predicted molar refractivity (Wildman–Crippen MR) is 270 cm³/mol. The van der Waals surface area contributed by atoms with Crippen LogP contribution >= 0.6 is 0 Å². The van der Waals surface area contributed by atoms with Gasteiger partial charge >= 0.3 is 0 Å². The number of rotatable bonds is 7. The van der Waals surface area contributed by atoms with Gasteiger partial charge in [0.15, 0.2) is 8.07 Å². The molecule has 8 heteroatoms. The fourth-order valence-corrected chi connectivity index (χ4v) is 15.1. The molecule has 0 fully saturated rings. The summed E-state index contributed by atoms with van der Waals surface area (Å²) in [6.07, 6.45) is 5.06. The van der Waals surface area contributed by atoms with E-state index in [2.05, 4.69) is 194 Å². The average molecular weight is 1070 g/mol. The number of imidazole rings is 1. The van der Waals surface area contributed by atoms with Crippen LogP contribution in [0, 0.1) is 18.5 Å². The summed E-state index contributed by atoms with van der Waals surface area (Å²) in [5.74, 6) is 1.75. The van der Waals surface area contributed by atoms with Gasteiger partial charge in [-0.15, -0.1) is 29.7 Å². The minimum absolute atomic E-state index is 0. The molecular formula is C59H45N5OPtSi-2. The number of nitrogens with zero attached hydrogens (tertiary/aromatic N) is 5. The Kier molecular flexibility index (Phi) is 9.60. The van der Waals surface area contributed by atoms with Gasteiger partial charge in [0.2, 0.25) is 6.33 Å². The van der Waals surface area contributed by atoms with Crippen molar-refractivity contribution in [1.82, 2.24) is 14.1 Å². The smallest absolute Gasteiger partial charge is 0.242 e. The molecule has 1 aliphatic heterocycles. The van der Waals surface area contributed by atoms with Crippen LogP contribution in [0.15, 0.2) is 200 Å². The maximum Gasteiger partial charge on any atom is 0.242 e. The number of anilines is 3. The van der Waals surface area contributed by atoms with Crippen molar-refractivity contribution < 1.29 is 34.5 Å². The van der Waals surface area contributed by atoms with Crippen molar-refractivity contribution in [2.75, 3.05) is 4.90 Å². The zero-order valence-electron chi connectivity index (χ0n) is 40.0. The van der Waals surface area contributed by atoms with E-state index in [9.17, 15) is 0 Å². The molecule has 8 aromatic carbocycles. The third-order valence-electron chi connectivity index (χ3n) is 13.0. The van der Waals surface area contributed by atoms with Gasteiger partial charge < -0.3 is 23.3 Å². The Morgan fingerprint density at radius 3 is 1.97 bits per heavy atom. The Morgan fingerprint density at radius 2 is 1.27 bits per heavy atom. The van der Waals surface area contributed by atoms with Gasteiger partial charge in [-0.25, -0.2) is 4.98 Å². The van der Waals surface area contributed by atoms with Gasteiger partial charge in [0.25, 0.3) is 0 Å². The summed E-state index contributed by atoms with van der Waals surface area (Å²) in [5.41, 5.74) is 7.66. The number of para-hydroxylation sites is 3. The van der Waals surface area contributed by atoms with E-state index < -0.39 is 15.0 Å². The van der Waals surface area contributed by atoms with Gasteiger partial charge in [-0.1, -0.05) is 153 Å². The Hall–Kier alpha value is -7.31. The number of pyridine rings is 1. The molecule has 0 saturated carbocycles. The van der Waals surface area contributed by atoms with Crippen LogP contribution in [-0.2, 0) is 33.5 Å². The van der Waals surface area contributed by atoms with Crippen LogP contribution < -0.4 is 35.0 Å². The quantitative estimate of drug-likeness (QED) is 0.0907. The van der Waals surface area contributed by atoms with Crippen LogP contribution in [0.1, 0.15) is 30.4 Å². The second kappa shape index (κ2) is 16.5. The minimum Gasteiger partial charge on any atom is -0.510 e.